The zero-order valence-corrected chi connectivity index (χ0v) is 12.1. The van der Waals surface area contributed by atoms with Crippen LogP contribution in [0.25, 0.3) is 0 Å². The first-order valence-electron chi connectivity index (χ1n) is 5.35. The van der Waals surface area contributed by atoms with E-state index >= 15 is 0 Å². The molecule has 0 aromatic carbocycles. The number of methoxy groups -OCH3 is 1. The number of carbonyl (C=O) groups is 1. The van der Waals surface area contributed by atoms with Gasteiger partial charge in [0.15, 0.2) is 0 Å². The molecule has 0 heterocycles. The summed E-state index contributed by atoms with van der Waals surface area (Å²) in [7, 11) is 1.44. The van der Waals surface area contributed by atoms with Gasteiger partial charge in [-0.1, -0.05) is 43.6 Å². The van der Waals surface area contributed by atoms with Crippen LogP contribution in [0.15, 0.2) is 0 Å². The van der Waals surface area contributed by atoms with Gasteiger partial charge in [-0.15, -0.1) is 0 Å². The highest BCUT2D eigenvalue weighted by Crippen LogP contribution is 2.37. The second-order valence-corrected chi connectivity index (χ2v) is 6.28. The summed E-state index contributed by atoms with van der Waals surface area (Å²) in [5.74, 6) is -0.111. The van der Waals surface area contributed by atoms with Crippen LogP contribution in [0.5, 0.6) is 0 Å². The number of rotatable bonds is 6. The normalized spacial score (nSPS) is 12.7. The average molecular weight is 279 g/mol. The molecule has 0 amide bonds. The standard InChI is InChI=1S/C12H23BrO2/c1-11(2,7-6-10(14)15-5)8-12(3,4)9-13/h6-9H2,1-5H3. The summed E-state index contributed by atoms with van der Waals surface area (Å²) in [5.41, 5.74) is 0.463. The zero-order chi connectivity index (χ0) is 12.1. The number of halogens is 1. The third-order valence-electron chi connectivity index (χ3n) is 2.55. The van der Waals surface area contributed by atoms with Crippen molar-refractivity contribution in [3.05, 3.63) is 0 Å². The quantitative estimate of drug-likeness (QED) is 0.546. The van der Waals surface area contributed by atoms with Gasteiger partial charge in [-0.2, -0.15) is 0 Å². The Morgan fingerprint density at radius 2 is 1.73 bits per heavy atom. The number of carbonyl (C=O) groups excluding carboxylic acids is 1. The minimum absolute atomic E-state index is 0.111. The lowest BCUT2D eigenvalue weighted by atomic mass is 9.74. The van der Waals surface area contributed by atoms with Gasteiger partial charge in [0.2, 0.25) is 0 Å². The van der Waals surface area contributed by atoms with Gasteiger partial charge in [0, 0.05) is 11.8 Å². The van der Waals surface area contributed by atoms with Crippen LogP contribution in [0.2, 0.25) is 0 Å². The monoisotopic (exact) mass is 278 g/mol. The first-order valence-corrected chi connectivity index (χ1v) is 6.47. The molecule has 0 aliphatic heterocycles. The van der Waals surface area contributed by atoms with E-state index in [1.807, 2.05) is 0 Å². The molecule has 0 aromatic rings. The molecule has 0 radical (unpaired) electrons. The molecule has 0 rings (SSSR count). The number of ether oxygens (including phenoxy) is 1. The SMILES string of the molecule is COC(=O)CCC(C)(C)CC(C)(C)CBr. The van der Waals surface area contributed by atoms with Crippen molar-refractivity contribution in [3.63, 3.8) is 0 Å². The Morgan fingerprint density at radius 3 is 2.13 bits per heavy atom. The molecule has 0 fully saturated rings. The Balaban J connectivity index is 4.13. The molecular weight excluding hydrogens is 256 g/mol. The van der Waals surface area contributed by atoms with Gasteiger partial charge in [0.05, 0.1) is 7.11 Å². The summed E-state index contributed by atoms with van der Waals surface area (Å²) in [6, 6.07) is 0. The highest BCUT2D eigenvalue weighted by molar-refractivity contribution is 9.09. The van der Waals surface area contributed by atoms with Gasteiger partial charge in [0.25, 0.3) is 0 Å². The Kier molecular flexibility index (Phi) is 5.86. The lowest BCUT2D eigenvalue weighted by molar-refractivity contribution is -0.141. The minimum atomic E-state index is -0.111. The van der Waals surface area contributed by atoms with Gasteiger partial charge < -0.3 is 4.74 Å². The molecular formula is C12H23BrO2. The van der Waals surface area contributed by atoms with Crippen LogP contribution < -0.4 is 0 Å². The summed E-state index contributed by atoms with van der Waals surface area (Å²) < 4.78 is 4.65. The largest absolute Gasteiger partial charge is 0.469 e. The molecule has 3 heteroatoms. The zero-order valence-electron chi connectivity index (χ0n) is 10.5. The van der Waals surface area contributed by atoms with Crippen LogP contribution in [0, 0.1) is 10.8 Å². The van der Waals surface area contributed by atoms with E-state index in [9.17, 15) is 4.79 Å². The molecule has 0 spiro atoms. The number of alkyl halides is 1. The van der Waals surface area contributed by atoms with Crippen molar-refractivity contribution >= 4 is 21.9 Å². The lowest BCUT2D eigenvalue weighted by Gasteiger charge is -2.33. The van der Waals surface area contributed by atoms with E-state index in [0.29, 0.717) is 6.42 Å². The number of esters is 1. The van der Waals surface area contributed by atoms with E-state index in [-0.39, 0.29) is 16.8 Å². The van der Waals surface area contributed by atoms with Crippen molar-refractivity contribution in [1.82, 2.24) is 0 Å². The Labute approximate surface area is 102 Å². The maximum Gasteiger partial charge on any atom is 0.305 e. The van der Waals surface area contributed by atoms with Gasteiger partial charge in [-0.05, 0) is 23.7 Å². The van der Waals surface area contributed by atoms with Crippen LogP contribution in [0.1, 0.15) is 47.0 Å². The average Bonchev–Trinajstić information content (AvgIpc) is 2.13. The van der Waals surface area contributed by atoms with Crippen LogP contribution in [0.3, 0.4) is 0 Å². The van der Waals surface area contributed by atoms with E-state index in [1.165, 1.54) is 7.11 Å². The minimum Gasteiger partial charge on any atom is -0.469 e. The molecule has 0 aromatic heterocycles. The molecule has 0 atom stereocenters. The molecule has 0 unspecified atom stereocenters. The van der Waals surface area contributed by atoms with E-state index < -0.39 is 0 Å². The van der Waals surface area contributed by atoms with Crippen LogP contribution >= 0.6 is 15.9 Å². The highest BCUT2D eigenvalue weighted by Gasteiger charge is 2.28. The predicted molar refractivity (Wildman–Crippen MR) is 67.2 cm³/mol. The summed E-state index contributed by atoms with van der Waals surface area (Å²) >= 11 is 3.53. The van der Waals surface area contributed by atoms with Gasteiger partial charge >= 0.3 is 5.97 Å². The number of hydrogen-bond acceptors (Lipinski definition) is 2. The molecule has 0 saturated carbocycles. The van der Waals surface area contributed by atoms with Gasteiger partial charge in [-0.3, -0.25) is 4.79 Å². The Morgan fingerprint density at radius 1 is 1.20 bits per heavy atom. The van der Waals surface area contributed by atoms with E-state index in [2.05, 4.69) is 48.4 Å². The van der Waals surface area contributed by atoms with E-state index in [0.717, 1.165) is 18.2 Å². The maximum atomic E-state index is 11.1. The lowest BCUT2D eigenvalue weighted by Crippen LogP contribution is -2.25. The van der Waals surface area contributed by atoms with Crippen LogP contribution in [0.4, 0.5) is 0 Å². The first kappa shape index (κ1) is 14.9. The van der Waals surface area contributed by atoms with Crippen molar-refractivity contribution in [2.45, 2.75) is 47.0 Å². The van der Waals surface area contributed by atoms with Crippen molar-refractivity contribution in [2.24, 2.45) is 10.8 Å². The molecule has 15 heavy (non-hydrogen) atoms. The topological polar surface area (TPSA) is 26.3 Å². The van der Waals surface area contributed by atoms with Crippen LogP contribution in [-0.2, 0) is 9.53 Å². The molecule has 0 aliphatic rings. The van der Waals surface area contributed by atoms with E-state index in [4.69, 9.17) is 0 Å². The summed E-state index contributed by atoms with van der Waals surface area (Å²) in [4.78, 5) is 11.1. The third-order valence-corrected chi connectivity index (χ3v) is 4.07. The predicted octanol–water partition coefficient (Wildman–Crippen LogP) is 3.78. The Hall–Kier alpha value is -0.0500. The molecule has 90 valence electrons. The number of hydrogen-bond donors (Lipinski definition) is 0. The molecule has 0 saturated heterocycles. The Bertz CT molecular complexity index is 210. The van der Waals surface area contributed by atoms with Crippen molar-refractivity contribution in [1.29, 1.82) is 0 Å². The second kappa shape index (κ2) is 5.88. The van der Waals surface area contributed by atoms with Crippen molar-refractivity contribution in [3.8, 4) is 0 Å². The fraction of sp³-hybridized carbons (Fsp3) is 0.917. The highest BCUT2D eigenvalue weighted by atomic mass is 79.9. The van der Waals surface area contributed by atoms with Crippen molar-refractivity contribution in [2.75, 3.05) is 12.4 Å². The molecule has 0 N–H and O–H groups in total. The second-order valence-electron chi connectivity index (χ2n) is 5.71. The van der Waals surface area contributed by atoms with Gasteiger partial charge in [0.1, 0.15) is 0 Å². The van der Waals surface area contributed by atoms with Crippen molar-refractivity contribution < 1.29 is 9.53 Å². The summed E-state index contributed by atoms with van der Waals surface area (Å²) in [5, 5.41) is 0.988. The fourth-order valence-electron chi connectivity index (χ4n) is 1.97. The fourth-order valence-corrected chi connectivity index (χ4v) is 2.17. The molecule has 0 aliphatic carbocycles. The molecule has 0 bridgehead atoms. The maximum absolute atomic E-state index is 11.1. The summed E-state index contributed by atoms with van der Waals surface area (Å²) in [6.45, 7) is 8.89. The smallest absolute Gasteiger partial charge is 0.305 e. The third kappa shape index (κ3) is 6.93. The van der Waals surface area contributed by atoms with Gasteiger partial charge in [-0.25, -0.2) is 0 Å². The molecule has 2 nitrogen and oxygen atoms in total. The van der Waals surface area contributed by atoms with Crippen LogP contribution in [-0.4, -0.2) is 18.4 Å². The van der Waals surface area contributed by atoms with E-state index in [1.54, 1.807) is 0 Å². The summed E-state index contributed by atoms with van der Waals surface area (Å²) in [6.07, 6.45) is 2.50. The first-order chi connectivity index (χ1) is 6.72.